The fraction of sp³-hybridized carbons (Fsp3) is 0.667. The standard InChI is InChI=1S/C9H12N2O4/c12-8(13)4-3-7-10-9(15-11-7)6-2-1-5-14-6/h6H,1-5H2,(H,12,13). The SMILES string of the molecule is O=C(O)CCc1noc(C2CCCO2)n1. The van der Waals surface area contributed by atoms with Crippen LogP contribution in [0.1, 0.15) is 37.1 Å². The van der Waals surface area contributed by atoms with Crippen molar-refractivity contribution in [1.82, 2.24) is 10.1 Å². The largest absolute Gasteiger partial charge is 0.481 e. The normalized spacial score (nSPS) is 20.7. The summed E-state index contributed by atoms with van der Waals surface area (Å²) < 4.78 is 10.4. The van der Waals surface area contributed by atoms with Gasteiger partial charge in [-0.15, -0.1) is 0 Å². The average molecular weight is 212 g/mol. The molecule has 2 rings (SSSR count). The van der Waals surface area contributed by atoms with Crippen molar-refractivity contribution in [3.63, 3.8) is 0 Å². The van der Waals surface area contributed by atoms with Gasteiger partial charge < -0.3 is 14.4 Å². The first-order valence-electron chi connectivity index (χ1n) is 4.91. The van der Waals surface area contributed by atoms with E-state index in [0.717, 1.165) is 19.4 Å². The van der Waals surface area contributed by atoms with Gasteiger partial charge in [-0.1, -0.05) is 5.16 Å². The van der Waals surface area contributed by atoms with E-state index < -0.39 is 5.97 Å². The lowest BCUT2D eigenvalue weighted by atomic mass is 10.2. The van der Waals surface area contributed by atoms with Gasteiger partial charge in [-0.25, -0.2) is 0 Å². The van der Waals surface area contributed by atoms with Crippen LogP contribution in [0.4, 0.5) is 0 Å². The van der Waals surface area contributed by atoms with E-state index in [2.05, 4.69) is 10.1 Å². The molecule has 1 aromatic rings. The van der Waals surface area contributed by atoms with Crippen LogP contribution in [0.3, 0.4) is 0 Å². The number of rotatable bonds is 4. The van der Waals surface area contributed by atoms with E-state index in [-0.39, 0.29) is 12.5 Å². The molecule has 1 fully saturated rings. The van der Waals surface area contributed by atoms with Crippen LogP contribution in [0, 0.1) is 0 Å². The Bertz CT molecular complexity index is 344. The molecule has 1 saturated heterocycles. The first-order valence-corrected chi connectivity index (χ1v) is 4.91. The highest BCUT2D eigenvalue weighted by Gasteiger charge is 2.23. The zero-order valence-electron chi connectivity index (χ0n) is 8.18. The molecule has 1 unspecified atom stereocenters. The van der Waals surface area contributed by atoms with Gasteiger partial charge in [-0.2, -0.15) is 4.98 Å². The van der Waals surface area contributed by atoms with E-state index in [9.17, 15) is 4.79 Å². The number of hydrogen-bond acceptors (Lipinski definition) is 5. The Balaban J connectivity index is 1.94. The molecule has 0 aliphatic carbocycles. The number of ether oxygens (including phenoxy) is 1. The summed E-state index contributed by atoms with van der Waals surface area (Å²) >= 11 is 0. The van der Waals surface area contributed by atoms with E-state index in [4.69, 9.17) is 14.4 Å². The number of hydrogen-bond donors (Lipinski definition) is 1. The van der Waals surface area contributed by atoms with Gasteiger partial charge in [0.2, 0.25) is 0 Å². The van der Waals surface area contributed by atoms with Crippen LogP contribution in [-0.2, 0) is 16.0 Å². The fourth-order valence-corrected chi connectivity index (χ4v) is 1.49. The molecule has 0 bridgehead atoms. The maximum Gasteiger partial charge on any atom is 0.303 e. The second-order valence-electron chi connectivity index (χ2n) is 3.44. The van der Waals surface area contributed by atoms with Crippen LogP contribution in [0.15, 0.2) is 4.52 Å². The van der Waals surface area contributed by atoms with E-state index >= 15 is 0 Å². The minimum atomic E-state index is -0.863. The van der Waals surface area contributed by atoms with Crippen molar-refractivity contribution in [3.05, 3.63) is 11.7 Å². The molecule has 82 valence electrons. The van der Waals surface area contributed by atoms with E-state index in [0.29, 0.717) is 18.1 Å². The Kier molecular flexibility index (Phi) is 2.96. The topological polar surface area (TPSA) is 85.5 Å². The molecule has 6 heteroatoms. The Hall–Kier alpha value is -1.43. The Morgan fingerprint density at radius 2 is 2.47 bits per heavy atom. The van der Waals surface area contributed by atoms with Crippen LogP contribution >= 0.6 is 0 Å². The van der Waals surface area contributed by atoms with Crippen LogP contribution in [0.2, 0.25) is 0 Å². The number of carbonyl (C=O) groups is 1. The molecule has 1 atom stereocenters. The quantitative estimate of drug-likeness (QED) is 0.799. The molecule has 2 heterocycles. The minimum Gasteiger partial charge on any atom is -0.481 e. The summed E-state index contributed by atoms with van der Waals surface area (Å²) in [5.74, 6) is 0.0363. The summed E-state index contributed by atoms with van der Waals surface area (Å²) in [6.07, 6.45) is 2.10. The van der Waals surface area contributed by atoms with Gasteiger partial charge in [0, 0.05) is 13.0 Å². The van der Waals surface area contributed by atoms with Gasteiger partial charge >= 0.3 is 5.97 Å². The third-order valence-electron chi connectivity index (χ3n) is 2.25. The van der Waals surface area contributed by atoms with Crippen LogP contribution in [0.5, 0.6) is 0 Å². The Morgan fingerprint density at radius 1 is 1.60 bits per heavy atom. The second kappa shape index (κ2) is 4.39. The van der Waals surface area contributed by atoms with E-state index in [1.807, 2.05) is 0 Å². The van der Waals surface area contributed by atoms with Crippen molar-refractivity contribution in [3.8, 4) is 0 Å². The summed E-state index contributed by atoms with van der Waals surface area (Å²) in [6.45, 7) is 0.720. The lowest BCUT2D eigenvalue weighted by Crippen LogP contribution is -2.00. The molecule has 0 amide bonds. The highest BCUT2D eigenvalue weighted by molar-refractivity contribution is 5.66. The van der Waals surface area contributed by atoms with Crippen LogP contribution < -0.4 is 0 Å². The molecule has 1 aliphatic heterocycles. The number of nitrogens with zero attached hydrogens (tertiary/aromatic N) is 2. The Morgan fingerprint density at radius 3 is 3.13 bits per heavy atom. The first kappa shape index (κ1) is 10.1. The summed E-state index contributed by atoms with van der Waals surface area (Å²) in [4.78, 5) is 14.4. The number of carboxylic acid groups (broad SMARTS) is 1. The highest BCUT2D eigenvalue weighted by Crippen LogP contribution is 2.26. The van der Waals surface area contributed by atoms with Crippen molar-refractivity contribution in [2.75, 3.05) is 6.61 Å². The van der Waals surface area contributed by atoms with Crippen molar-refractivity contribution >= 4 is 5.97 Å². The molecule has 15 heavy (non-hydrogen) atoms. The third-order valence-corrected chi connectivity index (χ3v) is 2.25. The molecule has 1 N–H and O–H groups in total. The first-order chi connectivity index (χ1) is 7.25. The van der Waals surface area contributed by atoms with Crippen molar-refractivity contribution < 1.29 is 19.2 Å². The van der Waals surface area contributed by atoms with Gasteiger partial charge in [-0.05, 0) is 12.8 Å². The van der Waals surface area contributed by atoms with Crippen molar-refractivity contribution in [1.29, 1.82) is 0 Å². The summed E-state index contributed by atoms with van der Waals surface area (Å²) in [7, 11) is 0. The molecule has 0 spiro atoms. The number of aryl methyl sites for hydroxylation is 1. The summed E-state index contributed by atoms with van der Waals surface area (Å²) in [5, 5.41) is 12.2. The molecular weight excluding hydrogens is 200 g/mol. The smallest absolute Gasteiger partial charge is 0.303 e. The van der Waals surface area contributed by atoms with Crippen molar-refractivity contribution in [2.45, 2.75) is 31.8 Å². The molecule has 0 aromatic carbocycles. The van der Waals surface area contributed by atoms with Gasteiger partial charge in [0.15, 0.2) is 5.82 Å². The molecule has 6 nitrogen and oxygen atoms in total. The van der Waals surface area contributed by atoms with E-state index in [1.165, 1.54) is 0 Å². The van der Waals surface area contributed by atoms with Gasteiger partial charge in [-0.3, -0.25) is 4.79 Å². The number of aliphatic carboxylic acids is 1. The molecule has 1 aliphatic rings. The van der Waals surface area contributed by atoms with Gasteiger partial charge in [0.25, 0.3) is 5.89 Å². The van der Waals surface area contributed by atoms with Crippen LogP contribution in [-0.4, -0.2) is 27.8 Å². The molecule has 1 aromatic heterocycles. The Labute approximate surface area is 86.2 Å². The van der Waals surface area contributed by atoms with Crippen molar-refractivity contribution in [2.24, 2.45) is 0 Å². The fourth-order valence-electron chi connectivity index (χ4n) is 1.49. The highest BCUT2D eigenvalue weighted by atomic mass is 16.5. The van der Waals surface area contributed by atoms with Gasteiger partial charge in [0.05, 0.1) is 6.42 Å². The predicted molar refractivity (Wildman–Crippen MR) is 48.2 cm³/mol. The maximum absolute atomic E-state index is 10.3. The van der Waals surface area contributed by atoms with Gasteiger partial charge in [0.1, 0.15) is 6.10 Å². The molecular formula is C9H12N2O4. The zero-order valence-corrected chi connectivity index (χ0v) is 8.18. The third kappa shape index (κ3) is 2.53. The summed E-state index contributed by atoms with van der Waals surface area (Å²) in [6, 6.07) is 0. The second-order valence-corrected chi connectivity index (χ2v) is 3.44. The van der Waals surface area contributed by atoms with Crippen LogP contribution in [0.25, 0.3) is 0 Å². The average Bonchev–Trinajstić information content (AvgIpc) is 2.85. The lowest BCUT2D eigenvalue weighted by molar-refractivity contribution is -0.137. The predicted octanol–water partition coefficient (Wildman–Crippen LogP) is 0.938. The lowest BCUT2D eigenvalue weighted by Gasteiger charge is -2.00. The number of aromatic nitrogens is 2. The zero-order chi connectivity index (χ0) is 10.7. The minimum absolute atomic E-state index is 0.0184. The maximum atomic E-state index is 10.3. The van der Waals surface area contributed by atoms with E-state index in [1.54, 1.807) is 0 Å². The molecule has 0 saturated carbocycles. The molecule has 0 radical (unpaired) electrons. The number of carboxylic acids is 1. The summed E-state index contributed by atoms with van der Waals surface area (Å²) in [5.41, 5.74) is 0. The monoisotopic (exact) mass is 212 g/mol.